The molecule has 0 saturated carbocycles. The Balaban J connectivity index is 1.70. The molecule has 2 aliphatic heterocycles. The highest BCUT2D eigenvalue weighted by Crippen LogP contribution is 2.42. The maximum Gasteiger partial charge on any atom is 0.247 e. The summed E-state index contributed by atoms with van der Waals surface area (Å²) in [6.07, 6.45) is 0. The van der Waals surface area contributed by atoms with Crippen LogP contribution in [0.25, 0.3) is 0 Å². The monoisotopic (exact) mass is 316 g/mol. The van der Waals surface area contributed by atoms with E-state index in [-0.39, 0.29) is 18.7 Å². The van der Waals surface area contributed by atoms with Crippen molar-refractivity contribution in [1.29, 1.82) is 0 Å². The van der Waals surface area contributed by atoms with Crippen LogP contribution in [-0.2, 0) is 4.79 Å². The van der Waals surface area contributed by atoms with Gasteiger partial charge in [0.05, 0.1) is 6.04 Å². The van der Waals surface area contributed by atoms with Crippen LogP contribution in [0.2, 0.25) is 5.02 Å². The Labute approximate surface area is 132 Å². The number of fused-ring (bicyclic) bond motifs is 1. The van der Waals surface area contributed by atoms with Crippen molar-refractivity contribution in [2.75, 3.05) is 11.7 Å². The molecule has 2 aromatic carbocycles. The summed E-state index contributed by atoms with van der Waals surface area (Å²) in [7, 11) is 0. The number of anilines is 1. The second kappa shape index (κ2) is 4.90. The number of carbonyl (C=O) groups excluding carboxylic acids is 1. The Morgan fingerprint density at radius 3 is 2.59 bits per heavy atom. The molecule has 2 atom stereocenters. The van der Waals surface area contributed by atoms with Gasteiger partial charge in [0.2, 0.25) is 12.7 Å². The zero-order valence-corrected chi connectivity index (χ0v) is 12.3. The third-order valence-electron chi connectivity index (χ3n) is 3.99. The van der Waals surface area contributed by atoms with Gasteiger partial charge in [0.1, 0.15) is 6.04 Å². The molecule has 2 N–H and O–H groups in total. The lowest BCUT2D eigenvalue weighted by atomic mass is 9.88. The topological polar surface area (TPSA) is 64.8 Å². The molecule has 2 aromatic rings. The molecule has 2 aliphatic rings. The SMILES string of the molecule is NC1C(=O)N(c2ccc3c(c2)OCO3)C1c1ccc(Cl)cc1. The van der Waals surface area contributed by atoms with Crippen LogP contribution < -0.4 is 20.1 Å². The molecule has 2 heterocycles. The number of halogens is 1. The number of carbonyl (C=O) groups is 1. The van der Waals surface area contributed by atoms with Gasteiger partial charge in [0, 0.05) is 16.8 Å². The fourth-order valence-corrected chi connectivity index (χ4v) is 2.98. The normalized spacial score (nSPS) is 22.6. The van der Waals surface area contributed by atoms with E-state index in [0.717, 1.165) is 11.3 Å². The zero-order valence-electron chi connectivity index (χ0n) is 11.5. The van der Waals surface area contributed by atoms with Gasteiger partial charge in [0.25, 0.3) is 0 Å². The van der Waals surface area contributed by atoms with Gasteiger partial charge in [-0.15, -0.1) is 0 Å². The van der Waals surface area contributed by atoms with E-state index in [9.17, 15) is 4.79 Å². The van der Waals surface area contributed by atoms with Crippen LogP contribution in [0.5, 0.6) is 11.5 Å². The molecule has 0 bridgehead atoms. The Bertz CT molecular complexity index is 748. The van der Waals surface area contributed by atoms with Gasteiger partial charge in [-0.3, -0.25) is 4.79 Å². The molecule has 0 radical (unpaired) electrons. The Morgan fingerprint density at radius 1 is 1.09 bits per heavy atom. The van der Waals surface area contributed by atoms with Gasteiger partial charge in [-0.05, 0) is 29.8 Å². The molecule has 1 fully saturated rings. The predicted molar refractivity (Wildman–Crippen MR) is 82.2 cm³/mol. The second-order valence-corrected chi connectivity index (χ2v) is 5.70. The lowest BCUT2D eigenvalue weighted by molar-refractivity contribution is -0.126. The third-order valence-corrected chi connectivity index (χ3v) is 4.24. The van der Waals surface area contributed by atoms with Crippen LogP contribution in [0.15, 0.2) is 42.5 Å². The number of ether oxygens (including phenoxy) is 2. The Kier molecular flexibility index (Phi) is 2.99. The Morgan fingerprint density at radius 2 is 1.82 bits per heavy atom. The number of nitrogens with two attached hydrogens (primary N) is 1. The maximum atomic E-state index is 12.2. The van der Waals surface area contributed by atoms with Crippen molar-refractivity contribution >= 4 is 23.2 Å². The molecule has 0 aliphatic carbocycles. The molecule has 2 unspecified atom stereocenters. The fourth-order valence-electron chi connectivity index (χ4n) is 2.85. The molecule has 0 spiro atoms. The molecular formula is C16H13ClN2O3. The molecule has 22 heavy (non-hydrogen) atoms. The highest BCUT2D eigenvalue weighted by atomic mass is 35.5. The van der Waals surface area contributed by atoms with E-state index in [1.807, 2.05) is 18.2 Å². The summed E-state index contributed by atoms with van der Waals surface area (Å²) in [4.78, 5) is 13.9. The number of amides is 1. The van der Waals surface area contributed by atoms with Crippen LogP contribution in [0.1, 0.15) is 11.6 Å². The third kappa shape index (κ3) is 1.94. The number of rotatable bonds is 2. The highest BCUT2D eigenvalue weighted by Gasteiger charge is 2.46. The van der Waals surface area contributed by atoms with Crippen molar-refractivity contribution in [3.63, 3.8) is 0 Å². The molecule has 6 heteroatoms. The van der Waals surface area contributed by atoms with Gasteiger partial charge in [-0.25, -0.2) is 0 Å². The number of hydrogen-bond donors (Lipinski definition) is 1. The first-order valence-corrected chi connectivity index (χ1v) is 7.27. The maximum absolute atomic E-state index is 12.2. The Hall–Kier alpha value is -2.24. The van der Waals surface area contributed by atoms with E-state index in [2.05, 4.69) is 0 Å². The minimum Gasteiger partial charge on any atom is -0.454 e. The number of nitrogens with zero attached hydrogens (tertiary/aromatic N) is 1. The lowest BCUT2D eigenvalue weighted by Gasteiger charge is -2.45. The van der Waals surface area contributed by atoms with Gasteiger partial charge < -0.3 is 20.1 Å². The van der Waals surface area contributed by atoms with Crippen molar-refractivity contribution < 1.29 is 14.3 Å². The van der Waals surface area contributed by atoms with E-state index in [4.69, 9.17) is 26.8 Å². The van der Waals surface area contributed by atoms with E-state index >= 15 is 0 Å². The molecule has 5 nitrogen and oxygen atoms in total. The van der Waals surface area contributed by atoms with Gasteiger partial charge in [0.15, 0.2) is 11.5 Å². The van der Waals surface area contributed by atoms with Crippen LogP contribution in [0.4, 0.5) is 5.69 Å². The number of benzene rings is 2. The summed E-state index contributed by atoms with van der Waals surface area (Å²) in [6, 6.07) is 12.0. The van der Waals surface area contributed by atoms with Crippen LogP contribution in [-0.4, -0.2) is 18.7 Å². The minimum absolute atomic E-state index is 0.112. The first kappa shape index (κ1) is 13.4. The standard InChI is InChI=1S/C16H13ClN2O3/c17-10-3-1-9(2-4-10)15-14(18)16(20)19(15)11-5-6-12-13(7-11)22-8-21-12/h1-7,14-15H,8,18H2. The van der Waals surface area contributed by atoms with Crippen molar-refractivity contribution in [3.05, 3.63) is 53.1 Å². The fraction of sp³-hybridized carbons (Fsp3) is 0.188. The van der Waals surface area contributed by atoms with Crippen LogP contribution in [0, 0.1) is 0 Å². The zero-order chi connectivity index (χ0) is 15.3. The van der Waals surface area contributed by atoms with Crippen LogP contribution >= 0.6 is 11.6 Å². The average Bonchev–Trinajstić information content (AvgIpc) is 3.00. The second-order valence-electron chi connectivity index (χ2n) is 5.27. The molecule has 1 amide bonds. The first-order chi connectivity index (χ1) is 10.6. The molecule has 4 rings (SSSR count). The molecule has 0 aromatic heterocycles. The smallest absolute Gasteiger partial charge is 0.247 e. The van der Waals surface area contributed by atoms with Crippen LogP contribution in [0.3, 0.4) is 0 Å². The first-order valence-electron chi connectivity index (χ1n) is 6.89. The summed E-state index contributed by atoms with van der Waals surface area (Å²) in [6.45, 7) is 0.201. The summed E-state index contributed by atoms with van der Waals surface area (Å²) in [5.74, 6) is 1.21. The predicted octanol–water partition coefficient (Wildman–Crippen LogP) is 2.48. The van der Waals surface area contributed by atoms with Gasteiger partial charge >= 0.3 is 0 Å². The van der Waals surface area contributed by atoms with Crippen molar-refractivity contribution in [3.8, 4) is 11.5 Å². The average molecular weight is 317 g/mol. The van der Waals surface area contributed by atoms with E-state index in [1.54, 1.807) is 29.2 Å². The summed E-state index contributed by atoms with van der Waals surface area (Å²) < 4.78 is 10.7. The van der Waals surface area contributed by atoms with Crippen molar-refractivity contribution in [1.82, 2.24) is 0 Å². The van der Waals surface area contributed by atoms with E-state index in [1.165, 1.54) is 0 Å². The van der Waals surface area contributed by atoms with E-state index in [0.29, 0.717) is 16.5 Å². The van der Waals surface area contributed by atoms with Gasteiger partial charge in [-0.2, -0.15) is 0 Å². The number of β-lactam (4-membered cyclic amide) rings is 1. The highest BCUT2D eigenvalue weighted by molar-refractivity contribution is 6.30. The summed E-state index contributed by atoms with van der Waals surface area (Å²) >= 11 is 5.92. The molecule has 1 saturated heterocycles. The molecule has 112 valence electrons. The summed E-state index contributed by atoms with van der Waals surface area (Å²) in [5.41, 5.74) is 7.70. The minimum atomic E-state index is -0.549. The van der Waals surface area contributed by atoms with Crippen molar-refractivity contribution in [2.45, 2.75) is 12.1 Å². The molecular weight excluding hydrogens is 304 g/mol. The largest absolute Gasteiger partial charge is 0.454 e. The lowest BCUT2D eigenvalue weighted by Crippen LogP contribution is -2.63. The van der Waals surface area contributed by atoms with Gasteiger partial charge in [-0.1, -0.05) is 23.7 Å². The van der Waals surface area contributed by atoms with E-state index < -0.39 is 6.04 Å². The summed E-state index contributed by atoms with van der Waals surface area (Å²) in [5, 5.41) is 0.651. The quantitative estimate of drug-likeness (QED) is 0.865. The van der Waals surface area contributed by atoms with Crippen molar-refractivity contribution in [2.24, 2.45) is 5.73 Å². The number of hydrogen-bond acceptors (Lipinski definition) is 4.